The van der Waals surface area contributed by atoms with E-state index in [9.17, 15) is 9.59 Å². The number of carbonyl (C=O) groups excluding carboxylic acids is 2. The molecular formula is C20H25N5O2. The van der Waals surface area contributed by atoms with Crippen molar-refractivity contribution in [2.24, 2.45) is 12.5 Å². The number of likely N-dealkylation sites (tertiary alicyclic amines) is 2. The Hall–Kier alpha value is -2.70. The number of amides is 2. The first-order chi connectivity index (χ1) is 13.0. The van der Waals surface area contributed by atoms with E-state index in [1.165, 1.54) is 0 Å². The average Bonchev–Trinajstić information content (AvgIpc) is 3.19. The first-order valence-electron chi connectivity index (χ1n) is 9.46. The van der Waals surface area contributed by atoms with Gasteiger partial charge < -0.3 is 9.80 Å². The molecule has 0 N–H and O–H groups in total. The summed E-state index contributed by atoms with van der Waals surface area (Å²) < 4.78 is 1.72. The number of rotatable bonds is 4. The summed E-state index contributed by atoms with van der Waals surface area (Å²) in [5.41, 5.74) is 1.88. The first kappa shape index (κ1) is 17.7. The third-order valence-corrected chi connectivity index (χ3v) is 5.78. The van der Waals surface area contributed by atoms with Crippen LogP contribution < -0.4 is 0 Å². The molecule has 0 atom stereocenters. The highest BCUT2D eigenvalue weighted by atomic mass is 16.2. The van der Waals surface area contributed by atoms with E-state index in [2.05, 4.69) is 10.1 Å². The molecule has 2 saturated heterocycles. The van der Waals surface area contributed by atoms with Gasteiger partial charge in [0.25, 0.3) is 0 Å². The number of aromatic nitrogens is 3. The van der Waals surface area contributed by atoms with Crippen LogP contribution >= 0.6 is 0 Å². The van der Waals surface area contributed by atoms with Crippen LogP contribution in [0.1, 0.15) is 30.5 Å². The third-order valence-electron chi connectivity index (χ3n) is 5.78. The molecule has 0 saturated carbocycles. The Balaban J connectivity index is 1.33. The molecule has 0 radical (unpaired) electrons. The molecule has 1 spiro atoms. The Labute approximate surface area is 159 Å². The number of piperidine rings is 1. The Bertz CT molecular complexity index is 824. The Morgan fingerprint density at radius 2 is 2.07 bits per heavy atom. The zero-order valence-electron chi connectivity index (χ0n) is 15.7. The van der Waals surface area contributed by atoms with E-state index in [4.69, 9.17) is 0 Å². The summed E-state index contributed by atoms with van der Waals surface area (Å²) in [5.74, 6) is 0.340. The zero-order valence-corrected chi connectivity index (χ0v) is 15.7. The predicted octanol–water partition coefficient (Wildman–Crippen LogP) is 1.40. The fourth-order valence-corrected chi connectivity index (χ4v) is 4.23. The van der Waals surface area contributed by atoms with Crippen molar-refractivity contribution in [2.45, 2.75) is 32.2 Å². The van der Waals surface area contributed by atoms with Crippen molar-refractivity contribution in [2.75, 3.05) is 19.6 Å². The van der Waals surface area contributed by atoms with Gasteiger partial charge in [-0.15, -0.1) is 0 Å². The topological polar surface area (TPSA) is 71.3 Å². The average molecular weight is 367 g/mol. The van der Waals surface area contributed by atoms with Gasteiger partial charge in [0, 0.05) is 63.7 Å². The van der Waals surface area contributed by atoms with Gasteiger partial charge >= 0.3 is 0 Å². The molecule has 0 aliphatic carbocycles. The minimum Gasteiger partial charge on any atom is -0.342 e. The van der Waals surface area contributed by atoms with Gasteiger partial charge in [-0.3, -0.25) is 19.3 Å². The number of hydrogen-bond donors (Lipinski definition) is 0. The number of hydrogen-bond acceptors (Lipinski definition) is 4. The predicted molar refractivity (Wildman–Crippen MR) is 99.4 cm³/mol. The standard InChI is InChI=1S/C20H25N5O2/c1-23-8-4-17(22-23)11-18(26)24-9-5-20(6-10-24)12-19(27)25(15-20)14-16-3-2-7-21-13-16/h2-4,7-8,13H,5-6,9-12,14-15H2,1H3. The molecule has 2 amide bonds. The highest BCUT2D eigenvalue weighted by Gasteiger charge is 2.45. The molecule has 27 heavy (non-hydrogen) atoms. The molecule has 4 rings (SSSR count). The third kappa shape index (κ3) is 3.86. The van der Waals surface area contributed by atoms with Crippen LogP contribution in [0.25, 0.3) is 0 Å². The van der Waals surface area contributed by atoms with Gasteiger partial charge in [0.2, 0.25) is 11.8 Å². The second-order valence-corrected chi connectivity index (χ2v) is 7.83. The van der Waals surface area contributed by atoms with E-state index in [1.807, 2.05) is 47.4 Å². The number of aryl methyl sites for hydroxylation is 1. The number of nitrogens with zero attached hydrogens (tertiary/aromatic N) is 5. The van der Waals surface area contributed by atoms with Crippen LogP contribution in [0.4, 0.5) is 0 Å². The Morgan fingerprint density at radius 3 is 2.74 bits per heavy atom. The molecular weight excluding hydrogens is 342 g/mol. The van der Waals surface area contributed by atoms with Crippen LogP contribution in [0.2, 0.25) is 0 Å². The van der Waals surface area contributed by atoms with Crippen molar-refractivity contribution in [3.8, 4) is 0 Å². The molecule has 2 aromatic rings. The number of carbonyl (C=O) groups is 2. The lowest BCUT2D eigenvalue weighted by molar-refractivity contribution is -0.132. The van der Waals surface area contributed by atoms with E-state index in [0.717, 1.165) is 43.7 Å². The van der Waals surface area contributed by atoms with Gasteiger partial charge in [0.15, 0.2) is 0 Å². The first-order valence-corrected chi connectivity index (χ1v) is 9.46. The molecule has 7 nitrogen and oxygen atoms in total. The minimum atomic E-state index is 0.0149. The van der Waals surface area contributed by atoms with Crippen molar-refractivity contribution in [1.29, 1.82) is 0 Å². The largest absolute Gasteiger partial charge is 0.342 e. The van der Waals surface area contributed by atoms with Gasteiger partial charge in [-0.2, -0.15) is 5.10 Å². The highest BCUT2D eigenvalue weighted by molar-refractivity contribution is 5.80. The van der Waals surface area contributed by atoms with Crippen LogP contribution in [0, 0.1) is 5.41 Å². The fourth-order valence-electron chi connectivity index (χ4n) is 4.23. The minimum absolute atomic E-state index is 0.0149. The summed E-state index contributed by atoms with van der Waals surface area (Å²) in [7, 11) is 1.85. The monoisotopic (exact) mass is 367 g/mol. The Morgan fingerprint density at radius 1 is 1.26 bits per heavy atom. The molecule has 2 fully saturated rings. The summed E-state index contributed by atoms with van der Waals surface area (Å²) >= 11 is 0. The van der Waals surface area contributed by atoms with Crippen LogP contribution in [-0.2, 0) is 29.6 Å². The van der Waals surface area contributed by atoms with E-state index in [1.54, 1.807) is 10.9 Å². The van der Waals surface area contributed by atoms with Crippen LogP contribution in [0.5, 0.6) is 0 Å². The fraction of sp³-hybridized carbons (Fsp3) is 0.500. The zero-order chi connectivity index (χ0) is 18.9. The quantitative estimate of drug-likeness (QED) is 0.819. The highest BCUT2D eigenvalue weighted by Crippen LogP contribution is 2.41. The molecule has 4 heterocycles. The Kier molecular flexibility index (Phi) is 4.68. The molecule has 0 unspecified atom stereocenters. The van der Waals surface area contributed by atoms with Crippen LogP contribution in [-0.4, -0.2) is 56.0 Å². The lowest BCUT2D eigenvalue weighted by atomic mass is 9.77. The molecule has 142 valence electrons. The lowest BCUT2D eigenvalue weighted by Crippen LogP contribution is -2.44. The van der Waals surface area contributed by atoms with Gasteiger partial charge in [-0.25, -0.2) is 0 Å². The molecule has 2 aliphatic heterocycles. The molecule has 0 aromatic carbocycles. The molecule has 2 aliphatic rings. The maximum atomic E-state index is 12.5. The lowest BCUT2D eigenvalue weighted by Gasteiger charge is -2.38. The summed E-state index contributed by atoms with van der Waals surface area (Å²) in [5, 5.41) is 4.29. The smallest absolute Gasteiger partial charge is 0.228 e. The van der Waals surface area contributed by atoms with Gasteiger partial charge in [0.05, 0.1) is 12.1 Å². The maximum Gasteiger partial charge on any atom is 0.228 e. The maximum absolute atomic E-state index is 12.5. The summed E-state index contributed by atoms with van der Waals surface area (Å²) in [6.07, 6.45) is 8.13. The van der Waals surface area contributed by atoms with Crippen LogP contribution in [0.15, 0.2) is 36.8 Å². The SMILES string of the molecule is Cn1ccc(CC(=O)N2CCC3(CC2)CC(=O)N(Cc2cccnc2)C3)n1. The second kappa shape index (κ2) is 7.13. The van der Waals surface area contributed by atoms with Crippen molar-refractivity contribution < 1.29 is 9.59 Å². The van der Waals surface area contributed by atoms with E-state index >= 15 is 0 Å². The van der Waals surface area contributed by atoms with E-state index in [0.29, 0.717) is 19.4 Å². The van der Waals surface area contributed by atoms with Crippen molar-refractivity contribution in [3.05, 3.63) is 48.0 Å². The van der Waals surface area contributed by atoms with Gasteiger partial charge in [-0.1, -0.05) is 6.07 Å². The van der Waals surface area contributed by atoms with Crippen molar-refractivity contribution in [1.82, 2.24) is 24.6 Å². The molecule has 0 bridgehead atoms. The summed E-state index contributed by atoms with van der Waals surface area (Å²) in [6.45, 7) is 2.85. The van der Waals surface area contributed by atoms with Crippen molar-refractivity contribution >= 4 is 11.8 Å². The normalized spacial score (nSPS) is 19.1. The molecule has 7 heteroatoms. The van der Waals surface area contributed by atoms with Gasteiger partial charge in [0.1, 0.15) is 0 Å². The van der Waals surface area contributed by atoms with Crippen LogP contribution in [0.3, 0.4) is 0 Å². The van der Waals surface area contributed by atoms with E-state index in [-0.39, 0.29) is 17.2 Å². The summed E-state index contributed by atoms with van der Waals surface area (Å²) in [4.78, 5) is 33.1. The van der Waals surface area contributed by atoms with Gasteiger partial charge in [-0.05, 0) is 30.5 Å². The number of pyridine rings is 1. The molecule has 2 aromatic heterocycles. The summed E-state index contributed by atoms with van der Waals surface area (Å²) in [6, 6.07) is 5.79. The van der Waals surface area contributed by atoms with Crippen molar-refractivity contribution in [3.63, 3.8) is 0 Å². The second-order valence-electron chi connectivity index (χ2n) is 7.83. The van der Waals surface area contributed by atoms with E-state index < -0.39 is 0 Å².